The third-order valence-corrected chi connectivity index (χ3v) is 5.88. The molecule has 1 aliphatic rings. The van der Waals surface area contributed by atoms with Crippen LogP contribution >= 0.6 is 11.3 Å². The standard InChI is InChI=1S/C22H23N3O3S/c26-20(23-12-11-22-25-18-4-1-2-5-19(18)29-22)6-3-13-28-16-8-9-17-15(14-16)7-10-21(27)24-17/h1-2,4-5,8-9,14H,3,6-7,10-13H2,(H,23,26)(H,24,27). The first-order valence-corrected chi connectivity index (χ1v) is 10.7. The Morgan fingerprint density at radius 3 is 3.00 bits per heavy atom. The minimum absolute atomic E-state index is 0.0304. The second-order valence-electron chi connectivity index (χ2n) is 6.99. The Morgan fingerprint density at radius 1 is 1.21 bits per heavy atom. The fourth-order valence-corrected chi connectivity index (χ4v) is 4.26. The monoisotopic (exact) mass is 409 g/mol. The highest BCUT2D eigenvalue weighted by Gasteiger charge is 2.15. The van der Waals surface area contributed by atoms with Crippen molar-refractivity contribution in [3.05, 3.63) is 53.0 Å². The largest absolute Gasteiger partial charge is 0.494 e. The van der Waals surface area contributed by atoms with E-state index in [1.165, 1.54) is 4.70 Å². The van der Waals surface area contributed by atoms with Gasteiger partial charge in [-0.05, 0) is 48.7 Å². The van der Waals surface area contributed by atoms with Crippen molar-refractivity contribution < 1.29 is 14.3 Å². The number of anilines is 1. The molecule has 0 radical (unpaired) electrons. The number of hydrogen-bond acceptors (Lipinski definition) is 5. The zero-order valence-electron chi connectivity index (χ0n) is 16.1. The summed E-state index contributed by atoms with van der Waals surface area (Å²) >= 11 is 1.67. The van der Waals surface area contributed by atoms with Gasteiger partial charge >= 0.3 is 0 Å². The number of nitrogens with one attached hydrogen (secondary N) is 2. The molecule has 0 fully saturated rings. The summed E-state index contributed by atoms with van der Waals surface area (Å²) in [5.74, 6) is 0.860. The molecule has 0 spiro atoms. The van der Waals surface area contributed by atoms with Gasteiger partial charge in [-0.25, -0.2) is 4.98 Å². The van der Waals surface area contributed by atoms with Gasteiger partial charge in [0.2, 0.25) is 11.8 Å². The first kappa shape index (κ1) is 19.4. The van der Waals surface area contributed by atoms with Gasteiger partial charge in [0.05, 0.1) is 21.8 Å². The second-order valence-corrected chi connectivity index (χ2v) is 8.11. The van der Waals surface area contributed by atoms with Gasteiger partial charge in [0.15, 0.2) is 0 Å². The Labute approximate surface area is 173 Å². The van der Waals surface area contributed by atoms with Gasteiger partial charge in [0.1, 0.15) is 5.75 Å². The predicted molar refractivity (Wildman–Crippen MR) is 114 cm³/mol. The predicted octanol–water partition coefficient (Wildman–Crippen LogP) is 3.70. The van der Waals surface area contributed by atoms with Crippen LogP contribution in [0.15, 0.2) is 42.5 Å². The number of nitrogens with zero attached hydrogens (tertiary/aromatic N) is 1. The minimum Gasteiger partial charge on any atom is -0.494 e. The van der Waals surface area contributed by atoms with E-state index in [4.69, 9.17) is 4.74 Å². The molecule has 2 heterocycles. The van der Waals surface area contributed by atoms with Crippen molar-refractivity contribution in [3.8, 4) is 5.75 Å². The molecule has 6 nitrogen and oxygen atoms in total. The number of benzene rings is 2. The quantitative estimate of drug-likeness (QED) is 0.556. The molecule has 3 aromatic rings. The molecule has 0 saturated heterocycles. The maximum Gasteiger partial charge on any atom is 0.224 e. The van der Waals surface area contributed by atoms with E-state index in [0.717, 1.165) is 40.4 Å². The number of carbonyl (C=O) groups is 2. The van der Waals surface area contributed by atoms with Gasteiger partial charge in [-0.1, -0.05) is 12.1 Å². The molecule has 1 aliphatic heterocycles. The SMILES string of the molecule is O=C(CCCOc1ccc2c(c1)CCC(=O)N2)NCCc1nc2ccccc2s1. The zero-order chi connectivity index (χ0) is 20.1. The van der Waals surface area contributed by atoms with Crippen molar-refractivity contribution in [1.29, 1.82) is 0 Å². The lowest BCUT2D eigenvalue weighted by Crippen LogP contribution is -2.25. The Balaban J connectivity index is 1.14. The summed E-state index contributed by atoms with van der Waals surface area (Å²) in [5, 5.41) is 6.85. The van der Waals surface area contributed by atoms with Crippen LogP contribution in [0.3, 0.4) is 0 Å². The molecule has 0 saturated carbocycles. The van der Waals surface area contributed by atoms with Crippen molar-refractivity contribution >= 4 is 39.1 Å². The van der Waals surface area contributed by atoms with Gasteiger partial charge in [-0.2, -0.15) is 0 Å². The lowest BCUT2D eigenvalue weighted by Gasteiger charge is -2.17. The second kappa shape index (κ2) is 9.05. The summed E-state index contributed by atoms with van der Waals surface area (Å²) < 4.78 is 6.93. The van der Waals surface area contributed by atoms with Crippen molar-refractivity contribution in [2.75, 3.05) is 18.5 Å². The molecule has 0 aliphatic carbocycles. The lowest BCUT2D eigenvalue weighted by molar-refractivity contribution is -0.121. The van der Waals surface area contributed by atoms with E-state index in [9.17, 15) is 9.59 Å². The summed E-state index contributed by atoms with van der Waals surface area (Å²) in [6.45, 7) is 1.08. The fraction of sp³-hybridized carbons (Fsp3) is 0.318. The van der Waals surface area contributed by atoms with Crippen LogP contribution in [0, 0.1) is 0 Å². The van der Waals surface area contributed by atoms with Crippen LogP contribution < -0.4 is 15.4 Å². The van der Waals surface area contributed by atoms with E-state index < -0.39 is 0 Å². The average Bonchev–Trinajstić information content (AvgIpc) is 3.14. The highest BCUT2D eigenvalue weighted by atomic mass is 32.1. The van der Waals surface area contributed by atoms with E-state index in [1.54, 1.807) is 11.3 Å². The molecular weight excluding hydrogens is 386 g/mol. The third kappa shape index (κ3) is 5.12. The van der Waals surface area contributed by atoms with Crippen molar-refractivity contribution in [2.45, 2.75) is 32.1 Å². The molecule has 4 rings (SSSR count). The molecule has 0 bridgehead atoms. The van der Waals surface area contributed by atoms with Crippen LogP contribution in [-0.2, 0) is 22.4 Å². The van der Waals surface area contributed by atoms with Gasteiger partial charge in [0.25, 0.3) is 0 Å². The lowest BCUT2D eigenvalue weighted by atomic mass is 10.0. The first-order chi connectivity index (χ1) is 14.2. The van der Waals surface area contributed by atoms with Crippen LogP contribution in [0.25, 0.3) is 10.2 Å². The number of carbonyl (C=O) groups excluding carboxylic acids is 2. The van der Waals surface area contributed by atoms with E-state index in [1.807, 2.05) is 36.4 Å². The number of para-hydroxylation sites is 1. The molecule has 29 heavy (non-hydrogen) atoms. The van der Waals surface area contributed by atoms with Crippen LogP contribution in [-0.4, -0.2) is 29.9 Å². The van der Waals surface area contributed by atoms with Gasteiger partial charge < -0.3 is 15.4 Å². The number of ether oxygens (including phenoxy) is 1. The molecule has 2 amide bonds. The van der Waals surface area contributed by atoms with Crippen LogP contribution in [0.4, 0.5) is 5.69 Å². The number of aryl methyl sites for hydroxylation is 1. The van der Waals surface area contributed by atoms with E-state index in [2.05, 4.69) is 21.7 Å². The third-order valence-electron chi connectivity index (χ3n) is 4.79. The summed E-state index contributed by atoms with van der Waals surface area (Å²) in [7, 11) is 0. The van der Waals surface area contributed by atoms with E-state index in [0.29, 0.717) is 32.4 Å². The normalized spacial score (nSPS) is 13.0. The summed E-state index contributed by atoms with van der Waals surface area (Å²) in [4.78, 5) is 28.0. The van der Waals surface area contributed by atoms with E-state index >= 15 is 0 Å². The molecule has 0 atom stereocenters. The fourth-order valence-electron chi connectivity index (χ4n) is 3.30. The topological polar surface area (TPSA) is 80.3 Å². The molecule has 2 aromatic carbocycles. The summed E-state index contributed by atoms with van der Waals surface area (Å²) in [6, 6.07) is 13.7. The number of fused-ring (bicyclic) bond motifs is 2. The van der Waals surface area contributed by atoms with Crippen molar-refractivity contribution in [3.63, 3.8) is 0 Å². The van der Waals surface area contributed by atoms with E-state index in [-0.39, 0.29) is 11.8 Å². The Morgan fingerprint density at radius 2 is 2.10 bits per heavy atom. The molecular formula is C22H23N3O3S. The number of thiazole rings is 1. The number of amides is 2. The number of aromatic nitrogens is 1. The number of hydrogen-bond donors (Lipinski definition) is 2. The van der Waals surface area contributed by atoms with Crippen molar-refractivity contribution in [1.82, 2.24) is 10.3 Å². The first-order valence-electron chi connectivity index (χ1n) is 9.84. The van der Waals surface area contributed by atoms with Gasteiger partial charge in [0, 0.05) is 31.5 Å². The Bertz CT molecular complexity index is 998. The summed E-state index contributed by atoms with van der Waals surface area (Å²) in [5.41, 5.74) is 2.97. The molecule has 2 N–H and O–H groups in total. The Kier molecular flexibility index (Phi) is 6.05. The van der Waals surface area contributed by atoms with Gasteiger partial charge in [-0.3, -0.25) is 9.59 Å². The van der Waals surface area contributed by atoms with Crippen molar-refractivity contribution in [2.24, 2.45) is 0 Å². The van der Waals surface area contributed by atoms with Crippen LogP contribution in [0.2, 0.25) is 0 Å². The zero-order valence-corrected chi connectivity index (χ0v) is 16.9. The molecule has 150 valence electrons. The summed E-state index contributed by atoms with van der Waals surface area (Å²) in [6.07, 6.45) is 3.07. The minimum atomic E-state index is 0.0304. The smallest absolute Gasteiger partial charge is 0.224 e. The maximum atomic E-state index is 12.0. The van der Waals surface area contributed by atoms with Gasteiger partial charge in [-0.15, -0.1) is 11.3 Å². The molecule has 7 heteroatoms. The average molecular weight is 410 g/mol. The molecule has 1 aromatic heterocycles. The Hall–Kier alpha value is -2.93. The maximum absolute atomic E-state index is 12.0. The highest BCUT2D eigenvalue weighted by Crippen LogP contribution is 2.27. The number of rotatable bonds is 8. The van der Waals surface area contributed by atoms with Crippen LogP contribution in [0.5, 0.6) is 5.75 Å². The molecule has 0 unspecified atom stereocenters. The highest BCUT2D eigenvalue weighted by molar-refractivity contribution is 7.18. The van der Waals surface area contributed by atoms with Crippen LogP contribution in [0.1, 0.15) is 29.8 Å².